The molecule has 3 rings (SSSR count). The first-order valence-electron chi connectivity index (χ1n) is 7.89. The van der Waals surface area contributed by atoms with Crippen LogP contribution in [0.15, 0.2) is 54.6 Å². The lowest BCUT2D eigenvalue weighted by atomic mass is 10.0. The highest BCUT2D eigenvalue weighted by Crippen LogP contribution is 2.18. The molecule has 0 saturated carbocycles. The molecule has 1 saturated heterocycles. The van der Waals surface area contributed by atoms with E-state index in [1.165, 1.54) is 6.42 Å². The average molecular weight is 295 g/mol. The first-order valence-corrected chi connectivity index (χ1v) is 7.89. The Balaban J connectivity index is 1.73. The zero-order valence-electron chi connectivity index (χ0n) is 12.7. The normalized spacial score (nSPS) is 14.6. The summed E-state index contributed by atoms with van der Waals surface area (Å²) in [5, 5.41) is 0. The molecule has 0 unspecified atom stereocenters. The van der Waals surface area contributed by atoms with E-state index >= 15 is 0 Å². The number of ether oxygens (including phenoxy) is 1. The van der Waals surface area contributed by atoms with Crippen LogP contribution >= 0.6 is 0 Å². The molecule has 0 radical (unpaired) electrons. The lowest BCUT2D eigenvalue weighted by Gasteiger charge is -2.27. The zero-order chi connectivity index (χ0) is 15.2. The largest absolute Gasteiger partial charge is 0.489 e. The van der Waals surface area contributed by atoms with Gasteiger partial charge in [-0.1, -0.05) is 36.4 Å². The number of amides is 1. The molecular formula is C19H21NO2. The van der Waals surface area contributed by atoms with Crippen LogP contribution in [0.3, 0.4) is 0 Å². The number of rotatable bonds is 4. The van der Waals surface area contributed by atoms with Gasteiger partial charge in [-0.3, -0.25) is 4.79 Å². The molecule has 0 aromatic heterocycles. The first kappa shape index (κ1) is 14.6. The second kappa shape index (κ2) is 7.12. The van der Waals surface area contributed by atoms with Crippen molar-refractivity contribution in [1.82, 2.24) is 4.90 Å². The number of nitrogens with zero attached hydrogens (tertiary/aromatic N) is 1. The van der Waals surface area contributed by atoms with Crippen molar-refractivity contribution < 1.29 is 9.53 Å². The highest BCUT2D eigenvalue weighted by Gasteiger charge is 2.20. The summed E-state index contributed by atoms with van der Waals surface area (Å²) in [6, 6.07) is 17.5. The lowest BCUT2D eigenvalue weighted by Crippen LogP contribution is -2.36. The summed E-state index contributed by atoms with van der Waals surface area (Å²) in [6.07, 6.45) is 3.44. The number of likely N-dealkylation sites (tertiary alicyclic amines) is 1. The SMILES string of the molecule is O=C(c1ccccc1COc1ccccc1)N1CCCCC1. The van der Waals surface area contributed by atoms with E-state index in [4.69, 9.17) is 4.74 Å². The third-order valence-electron chi connectivity index (χ3n) is 4.03. The van der Waals surface area contributed by atoms with Gasteiger partial charge in [0.2, 0.25) is 0 Å². The third-order valence-corrected chi connectivity index (χ3v) is 4.03. The number of piperidine rings is 1. The van der Waals surface area contributed by atoms with Crippen LogP contribution in [0.25, 0.3) is 0 Å². The molecule has 1 aliphatic rings. The van der Waals surface area contributed by atoms with Crippen molar-refractivity contribution in [3.8, 4) is 5.75 Å². The van der Waals surface area contributed by atoms with Crippen molar-refractivity contribution in [2.45, 2.75) is 25.9 Å². The van der Waals surface area contributed by atoms with Gasteiger partial charge in [-0.05, 0) is 37.5 Å². The zero-order valence-corrected chi connectivity index (χ0v) is 12.7. The minimum Gasteiger partial charge on any atom is -0.489 e. The predicted molar refractivity (Wildman–Crippen MR) is 87.0 cm³/mol. The Kier molecular flexibility index (Phi) is 4.74. The number of carbonyl (C=O) groups excluding carboxylic acids is 1. The van der Waals surface area contributed by atoms with Gasteiger partial charge in [0.1, 0.15) is 12.4 Å². The quantitative estimate of drug-likeness (QED) is 0.856. The van der Waals surface area contributed by atoms with Gasteiger partial charge in [-0.2, -0.15) is 0 Å². The van der Waals surface area contributed by atoms with Gasteiger partial charge in [-0.15, -0.1) is 0 Å². The molecule has 3 heteroatoms. The van der Waals surface area contributed by atoms with Crippen molar-refractivity contribution in [3.63, 3.8) is 0 Å². The molecule has 1 amide bonds. The van der Waals surface area contributed by atoms with Crippen LogP contribution in [0.5, 0.6) is 5.75 Å². The molecule has 22 heavy (non-hydrogen) atoms. The Hall–Kier alpha value is -2.29. The van der Waals surface area contributed by atoms with Crippen molar-refractivity contribution >= 4 is 5.91 Å². The Morgan fingerprint density at radius 2 is 1.59 bits per heavy atom. The Morgan fingerprint density at radius 1 is 0.909 bits per heavy atom. The van der Waals surface area contributed by atoms with Gasteiger partial charge in [0, 0.05) is 24.2 Å². The number of para-hydroxylation sites is 1. The molecule has 2 aromatic rings. The van der Waals surface area contributed by atoms with Crippen LogP contribution in [-0.4, -0.2) is 23.9 Å². The summed E-state index contributed by atoms with van der Waals surface area (Å²) in [5.74, 6) is 0.953. The first-order chi connectivity index (χ1) is 10.8. The van der Waals surface area contributed by atoms with Crippen molar-refractivity contribution in [3.05, 3.63) is 65.7 Å². The number of carbonyl (C=O) groups is 1. The summed E-state index contributed by atoms with van der Waals surface area (Å²) in [5.41, 5.74) is 1.71. The molecule has 0 N–H and O–H groups in total. The van der Waals surface area contributed by atoms with E-state index in [0.717, 1.165) is 42.8 Å². The molecule has 114 valence electrons. The maximum atomic E-state index is 12.7. The summed E-state index contributed by atoms with van der Waals surface area (Å²) >= 11 is 0. The molecule has 1 heterocycles. The fraction of sp³-hybridized carbons (Fsp3) is 0.316. The molecular weight excluding hydrogens is 274 g/mol. The maximum absolute atomic E-state index is 12.7. The second-order valence-electron chi connectivity index (χ2n) is 5.61. The van der Waals surface area contributed by atoms with Gasteiger partial charge in [0.15, 0.2) is 0 Å². The molecule has 0 atom stereocenters. The van der Waals surface area contributed by atoms with E-state index in [2.05, 4.69) is 0 Å². The highest BCUT2D eigenvalue weighted by atomic mass is 16.5. The Bertz CT molecular complexity index is 618. The van der Waals surface area contributed by atoms with Crippen LogP contribution in [-0.2, 0) is 6.61 Å². The van der Waals surface area contributed by atoms with Crippen molar-refractivity contribution in [1.29, 1.82) is 0 Å². The smallest absolute Gasteiger partial charge is 0.254 e. The maximum Gasteiger partial charge on any atom is 0.254 e. The third kappa shape index (κ3) is 3.48. The van der Waals surface area contributed by atoms with Gasteiger partial charge < -0.3 is 9.64 Å². The van der Waals surface area contributed by atoms with E-state index in [-0.39, 0.29) is 5.91 Å². The average Bonchev–Trinajstić information content (AvgIpc) is 2.61. The van der Waals surface area contributed by atoms with Gasteiger partial charge in [-0.25, -0.2) is 0 Å². The number of hydrogen-bond donors (Lipinski definition) is 0. The van der Waals surface area contributed by atoms with E-state index in [1.54, 1.807) is 0 Å². The minimum atomic E-state index is 0.131. The van der Waals surface area contributed by atoms with Gasteiger partial charge in [0.05, 0.1) is 0 Å². The van der Waals surface area contributed by atoms with E-state index in [1.807, 2.05) is 59.5 Å². The van der Waals surface area contributed by atoms with Crippen molar-refractivity contribution in [2.24, 2.45) is 0 Å². The predicted octanol–water partition coefficient (Wildman–Crippen LogP) is 3.89. The lowest BCUT2D eigenvalue weighted by molar-refractivity contribution is 0.0721. The van der Waals surface area contributed by atoms with Crippen LogP contribution in [0, 0.1) is 0 Å². The van der Waals surface area contributed by atoms with Gasteiger partial charge in [0.25, 0.3) is 5.91 Å². The highest BCUT2D eigenvalue weighted by molar-refractivity contribution is 5.95. The standard InChI is InChI=1S/C19H21NO2/c21-19(20-13-7-2-8-14-20)18-12-6-5-9-16(18)15-22-17-10-3-1-4-11-17/h1,3-6,9-12H,2,7-8,13-15H2. The molecule has 0 aliphatic carbocycles. The Labute approximate surface area is 131 Å². The fourth-order valence-electron chi connectivity index (χ4n) is 2.80. The summed E-state index contributed by atoms with van der Waals surface area (Å²) in [6.45, 7) is 2.15. The summed E-state index contributed by atoms with van der Waals surface area (Å²) in [7, 11) is 0. The summed E-state index contributed by atoms with van der Waals surface area (Å²) < 4.78 is 5.80. The molecule has 0 bridgehead atoms. The molecule has 0 spiro atoms. The van der Waals surface area contributed by atoms with Crippen LogP contribution in [0.4, 0.5) is 0 Å². The minimum absolute atomic E-state index is 0.131. The van der Waals surface area contributed by atoms with Crippen LogP contribution in [0.2, 0.25) is 0 Å². The topological polar surface area (TPSA) is 29.5 Å². The van der Waals surface area contributed by atoms with E-state index in [9.17, 15) is 4.79 Å². The Morgan fingerprint density at radius 3 is 2.36 bits per heavy atom. The molecule has 1 fully saturated rings. The number of hydrogen-bond acceptors (Lipinski definition) is 2. The van der Waals surface area contributed by atoms with Gasteiger partial charge >= 0.3 is 0 Å². The molecule has 2 aromatic carbocycles. The van der Waals surface area contributed by atoms with E-state index < -0.39 is 0 Å². The monoisotopic (exact) mass is 295 g/mol. The summed E-state index contributed by atoms with van der Waals surface area (Å²) in [4.78, 5) is 14.7. The molecule has 3 nitrogen and oxygen atoms in total. The second-order valence-corrected chi connectivity index (χ2v) is 5.61. The van der Waals surface area contributed by atoms with Crippen LogP contribution < -0.4 is 4.74 Å². The van der Waals surface area contributed by atoms with Crippen molar-refractivity contribution in [2.75, 3.05) is 13.1 Å². The van der Waals surface area contributed by atoms with Crippen LogP contribution in [0.1, 0.15) is 35.2 Å². The molecule has 1 aliphatic heterocycles. The fourth-order valence-corrected chi connectivity index (χ4v) is 2.80. The number of benzene rings is 2. The van der Waals surface area contributed by atoms with E-state index in [0.29, 0.717) is 6.61 Å².